The van der Waals surface area contributed by atoms with Gasteiger partial charge >= 0.3 is 11.9 Å². The first kappa shape index (κ1) is 29.1. The molecule has 4 aromatic rings. The maximum atomic E-state index is 14.0. The van der Waals surface area contributed by atoms with Gasteiger partial charge in [0.05, 0.1) is 46.7 Å². The number of allylic oxidation sites excluding steroid dienone is 1. The lowest BCUT2D eigenvalue weighted by atomic mass is 9.95. The fraction of sp³-hybridized carbons (Fsp3) is 0.200. The SMILES string of the molecule is CCOC(=O)C1=C(C)N=c2s/c(=C\c3ccc(-c4ccc(C(=O)O)cc4)o3)c(=O)n2[C@H]1c1cc(Br)c(OC)cc1OC. The quantitative estimate of drug-likeness (QED) is 0.275. The Hall–Kier alpha value is -4.42. The molecule has 0 saturated carbocycles. The number of esters is 1. The Morgan fingerprint density at radius 1 is 1.12 bits per heavy atom. The molecule has 1 N–H and O–H groups in total. The predicted molar refractivity (Wildman–Crippen MR) is 159 cm³/mol. The lowest BCUT2D eigenvalue weighted by Gasteiger charge is -2.26. The van der Waals surface area contributed by atoms with Crippen LogP contribution in [0.4, 0.5) is 0 Å². The van der Waals surface area contributed by atoms with E-state index in [1.807, 2.05) is 0 Å². The molecule has 0 aliphatic carbocycles. The second-order valence-corrected chi connectivity index (χ2v) is 11.0. The van der Waals surface area contributed by atoms with Crippen LogP contribution in [-0.2, 0) is 9.53 Å². The number of thiazole rings is 1. The Balaban J connectivity index is 1.65. The Morgan fingerprint density at radius 2 is 1.83 bits per heavy atom. The minimum atomic E-state index is -1.02. The number of rotatable bonds is 8. The summed E-state index contributed by atoms with van der Waals surface area (Å²) in [5.41, 5.74) is 1.66. The van der Waals surface area contributed by atoms with Crippen LogP contribution in [0.1, 0.15) is 41.6 Å². The first-order valence-electron chi connectivity index (χ1n) is 12.7. The second kappa shape index (κ2) is 11.8. The molecule has 3 heterocycles. The number of carbonyl (C=O) groups excluding carboxylic acids is 1. The van der Waals surface area contributed by atoms with Gasteiger partial charge in [-0.15, -0.1) is 0 Å². The summed E-state index contributed by atoms with van der Waals surface area (Å²) in [7, 11) is 3.03. The third kappa shape index (κ3) is 5.30. The van der Waals surface area contributed by atoms with Crippen molar-refractivity contribution in [2.24, 2.45) is 4.99 Å². The molecule has 216 valence electrons. The summed E-state index contributed by atoms with van der Waals surface area (Å²) < 4.78 is 24.8. The molecule has 0 radical (unpaired) electrons. The average molecular weight is 654 g/mol. The Bertz CT molecular complexity index is 1920. The van der Waals surface area contributed by atoms with Crippen molar-refractivity contribution < 1.29 is 33.3 Å². The zero-order chi connectivity index (χ0) is 30.1. The molecule has 2 aromatic carbocycles. The van der Waals surface area contributed by atoms with E-state index in [9.17, 15) is 14.4 Å². The van der Waals surface area contributed by atoms with E-state index in [4.69, 9.17) is 23.7 Å². The summed E-state index contributed by atoms with van der Waals surface area (Å²) in [6, 6.07) is 12.3. The normalized spacial score (nSPS) is 14.8. The van der Waals surface area contributed by atoms with Crippen molar-refractivity contribution in [3.05, 3.63) is 101 Å². The number of hydrogen-bond acceptors (Lipinski definition) is 9. The van der Waals surface area contributed by atoms with Crippen molar-refractivity contribution in [2.45, 2.75) is 19.9 Å². The Labute approximate surface area is 251 Å². The first-order valence-corrected chi connectivity index (χ1v) is 14.3. The van der Waals surface area contributed by atoms with Crippen LogP contribution in [0.3, 0.4) is 0 Å². The maximum absolute atomic E-state index is 14.0. The largest absolute Gasteiger partial charge is 0.496 e. The highest BCUT2D eigenvalue weighted by Gasteiger charge is 2.35. The fourth-order valence-electron chi connectivity index (χ4n) is 4.67. The summed E-state index contributed by atoms with van der Waals surface area (Å²) >= 11 is 4.67. The molecule has 0 unspecified atom stereocenters. The topological polar surface area (TPSA) is 130 Å². The van der Waals surface area contributed by atoms with Crippen LogP contribution in [0.15, 0.2) is 78.5 Å². The number of hydrogen-bond donors (Lipinski definition) is 1. The van der Waals surface area contributed by atoms with Crippen LogP contribution in [0, 0.1) is 0 Å². The van der Waals surface area contributed by atoms with Gasteiger partial charge in [0, 0.05) is 23.3 Å². The first-order chi connectivity index (χ1) is 20.2. The van der Waals surface area contributed by atoms with E-state index < -0.39 is 18.0 Å². The zero-order valence-corrected chi connectivity index (χ0v) is 25.4. The van der Waals surface area contributed by atoms with Gasteiger partial charge in [-0.2, -0.15) is 0 Å². The standard InChI is InChI=1S/C30H25BrN2O8S/c1-5-40-29(37)25-15(2)32-30-33(26(25)19-13-20(31)23(39-4)14-22(19)38-3)27(34)24(42-30)12-18-10-11-21(41-18)16-6-8-17(9-7-16)28(35)36/h6-14,26H,5H2,1-4H3,(H,35,36)/b24-12-/t26-/m0/s1. The number of ether oxygens (including phenoxy) is 3. The van der Waals surface area contributed by atoms with E-state index >= 15 is 0 Å². The van der Waals surface area contributed by atoms with Crippen molar-refractivity contribution >= 4 is 45.3 Å². The Kier molecular flexibility index (Phi) is 8.19. The zero-order valence-electron chi connectivity index (χ0n) is 23.0. The van der Waals surface area contributed by atoms with Gasteiger partial charge in [0.15, 0.2) is 4.80 Å². The van der Waals surface area contributed by atoms with Crippen LogP contribution in [-0.4, -0.2) is 42.4 Å². The molecular formula is C30H25BrN2O8S. The number of carboxylic acids is 1. The van der Waals surface area contributed by atoms with Crippen LogP contribution in [0.2, 0.25) is 0 Å². The highest BCUT2D eigenvalue weighted by Crippen LogP contribution is 2.41. The van der Waals surface area contributed by atoms with Crippen LogP contribution < -0.4 is 24.4 Å². The van der Waals surface area contributed by atoms with E-state index in [0.717, 1.165) is 11.3 Å². The minimum Gasteiger partial charge on any atom is -0.496 e. The molecule has 0 spiro atoms. The van der Waals surface area contributed by atoms with E-state index in [1.165, 1.54) is 30.9 Å². The second-order valence-electron chi connectivity index (χ2n) is 9.12. The number of aromatic carboxylic acids is 1. The van der Waals surface area contributed by atoms with Gasteiger partial charge in [0.2, 0.25) is 0 Å². The molecule has 2 aromatic heterocycles. The average Bonchev–Trinajstić information content (AvgIpc) is 3.56. The van der Waals surface area contributed by atoms with Crippen molar-refractivity contribution in [3.8, 4) is 22.8 Å². The molecule has 12 heteroatoms. The monoisotopic (exact) mass is 652 g/mol. The number of carbonyl (C=O) groups is 2. The lowest BCUT2D eigenvalue weighted by molar-refractivity contribution is -0.139. The predicted octanol–water partition coefficient (Wildman–Crippen LogP) is 4.54. The number of fused-ring (bicyclic) bond motifs is 1. The number of furan rings is 1. The highest BCUT2D eigenvalue weighted by molar-refractivity contribution is 9.10. The van der Waals surface area contributed by atoms with Crippen LogP contribution >= 0.6 is 27.3 Å². The van der Waals surface area contributed by atoms with Gasteiger partial charge in [0.1, 0.15) is 29.1 Å². The number of nitrogens with zero attached hydrogens (tertiary/aromatic N) is 2. The molecule has 1 aliphatic rings. The van der Waals surface area contributed by atoms with Gasteiger partial charge in [-0.3, -0.25) is 9.36 Å². The number of carboxylic acid groups (broad SMARTS) is 1. The molecule has 42 heavy (non-hydrogen) atoms. The van der Waals surface area contributed by atoms with Crippen molar-refractivity contribution in [3.63, 3.8) is 0 Å². The smallest absolute Gasteiger partial charge is 0.338 e. The van der Waals surface area contributed by atoms with Gasteiger partial charge in [-0.05, 0) is 60.1 Å². The van der Waals surface area contributed by atoms with Crippen molar-refractivity contribution in [2.75, 3.05) is 20.8 Å². The summed E-state index contributed by atoms with van der Waals surface area (Å²) in [5, 5.41) is 9.15. The lowest BCUT2D eigenvalue weighted by Crippen LogP contribution is -2.40. The van der Waals surface area contributed by atoms with Crippen LogP contribution in [0.25, 0.3) is 17.4 Å². The van der Waals surface area contributed by atoms with E-state index in [0.29, 0.717) is 53.6 Å². The highest BCUT2D eigenvalue weighted by atomic mass is 79.9. The minimum absolute atomic E-state index is 0.149. The van der Waals surface area contributed by atoms with Crippen molar-refractivity contribution in [1.29, 1.82) is 0 Å². The van der Waals surface area contributed by atoms with Gasteiger partial charge in [-0.1, -0.05) is 23.5 Å². The van der Waals surface area contributed by atoms with E-state index in [2.05, 4.69) is 20.9 Å². The number of methoxy groups -OCH3 is 2. The van der Waals surface area contributed by atoms with E-state index in [-0.39, 0.29) is 23.3 Å². The molecule has 1 atom stereocenters. The Morgan fingerprint density at radius 3 is 2.48 bits per heavy atom. The molecule has 0 fully saturated rings. The summed E-state index contributed by atoms with van der Waals surface area (Å²) in [6.07, 6.45) is 1.61. The third-order valence-electron chi connectivity index (χ3n) is 6.63. The molecule has 5 rings (SSSR count). The van der Waals surface area contributed by atoms with Gasteiger partial charge < -0.3 is 23.7 Å². The maximum Gasteiger partial charge on any atom is 0.338 e. The molecule has 0 amide bonds. The molecule has 0 bridgehead atoms. The summed E-state index contributed by atoms with van der Waals surface area (Å²) in [4.78, 5) is 43.3. The molecule has 0 saturated heterocycles. The van der Waals surface area contributed by atoms with Crippen LogP contribution in [0.5, 0.6) is 11.5 Å². The summed E-state index contributed by atoms with van der Waals surface area (Å²) in [5.74, 6) is 0.258. The van der Waals surface area contributed by atoms with Crippen molar-refractivity contribution in [1.82, 2.24) is 4.57 Å². The van der Waals surface area contributed by atoms with Gasteiger partial charge in [0.25, 0.3) is 5.56 Å². The molecule has 10 nitrogen and oxygen atoms in total. The molecule has 1 aliphatic heterocycles. The fourth-order valence-corrected chi connectivity index (χ4v) is 6.22. The number of aromatic nitrogens is 1. The number of benzene rings is 2. The summed E-state index contributed by atoms with van der Waals surface area (Å²) in [6.45, 7) is 3.56. The number of halogens is 1. The van der Waals surface area contributed by atoms with E-state index in [1.54, 1.807) is 56.3 Å². The third-order valence-corrected chi connectivity index (χ3v) is 8.23. The molecular weight excluding hydrogens is 628 g/mol. The van der Waals surface area contributed by atoms with Gasteiger partial charge in [-0.25, -0.2) is 14.6 Å².